The first-order valence-electron chi connectivity index (χ1n) is 9.53. The summed E-state index contributed by atoms with van der Waals surface area (Å²) in [4.78, 5) is 15.5. The lowest BCUT2D eigenvalue weighted by Crippen LogP contribution is -2.47. The first-order valence-corrected chi connectivity index (χ1v) is 11.8. The molecule has 1 amide bonds. The second-order valence-electron chi connectivity index (χ2n) is 7.32. The molecule has 3 heterocycles. The van der Waals surface area contributed by atoms with Crippen molar-refractivity contribution in [2.75, 3.05) is 37.7 Å². The molecular weight excluding hydrogens is 412 g/mol. The fraction of sp³-hybridized carbons (Fsp3) is 0.450. The van der Waals surface area contributed by atoms with Crippen molar-refractivity contribution >= 4 is 33.0 Å². The van der Waals surface area contributed by atoms with E-state index < -0.39 is 15.8 Å². The van der Waals surface area contributed by atoms with Crippen LogP contribution in [0, 0.1) is 6.92 Å². The third-order valence-electron chi connectivity index (χ3n) is 5.48. The van der Waals surface area contributed by atoms with Gasteiger partial charge in [-0.15, -0.1) is 11.3 Å². The minimum atomic E-state index is -3.75. The highest BCUT2D eigenvalue weighted by Gasteiger charge is 2.41. The summed E-state index contributed by atoms with van der Waals surface area (Å²) in [7, 11) is -2.27. The van der Waals surface area contributed by atoms with Crippen LogP contribution in [0.15, 0.2) is 40.6 Å². The van der Waals surface area contributed by atoms with Crippen molar-refractivity contribution in [3.05, 3.63) is 46.2 Å². The standard InChI is InChI=1S/C20H24N2O5S2/c1-15-3-5-16(6-4-15)29(24,25)21(2)17-7-14-28-18(17)19(23)22-10-8-20(9-11-22)26-12-13-27-20/h3-7,14H,8-13H2,1-2H3. The second kappa shape index (κ2) is 7.71. The van der Waals surface area contributed by atoms with Gasteiger partial charge in [-0.1, -0.05) is 17.7 Å². The summed E-state index contributed by atoms with van der Waals surface area (Å²) in [5.41, 5.74) is 1.38. The summed E-state index contributed by atoms with van der Waals surface area (Å²) in [5, 5.41) is 1.75. The molecule has 0 radical (unpaired) electrons. The van der Waals surface area contributed by atoms with E-state index in [0.717, 1.165) is 5.56 Å². The van der Waals surface area contributed by atoms with Crippen LogP contribution in [-0.4, -0.2) is 58.4 Å². The van der Waals surface area contributed by atoms with E-state index in [-0.39, 0.29) is 10.8 Å². The lowest BCUT2D eigenvalue weighted by atomic mass is 10.0. The van der Waals surface area contributed by atoms with Crippen molar-refractivity contribution in [1.82, 2.24) is 4.90 Å². The van der Waals surface area contributed by atoms with E-state index in [9.17, 15) is 13.2 Å². The van der Waals surface area contributed by atoms with Crippen molar-refractivity contribution in [2.24, 2.45) is 0 Å². The van der Waals surface area contributed by atoms with E-state index in [1.54, 1.807) is 40.6 Å². The van der Waals surface area contributed by atoms with Crippen LogP contribution in [0.5, 0.6) is 0 Å². The number of hydrogen-bond acceptors (Lipinski definition) is 6. The zero-order valence-corrected chi connectivity index (χ0v) is 18.1. The fourth-order valence-electron chi connectivity index (χ4n) is 3.69. The van der Waals surface area contributed by atoms with Gasteiger partial charge in [-0.2, -0.15) is 0 Å². The Labute approximate surface area is 174 Å². The summed E-state index contributed by atoms with van der Waals surface area (Å²) in [6.07, 6.45) is 1.24. The number of anilines is 1. The number of thiophene rings is 1. The smallest absolute Gasteiger partial charge is 0.266 e. The number of ether oxygens (including phenoxy) is 2. The first kappa shape index (κ1) is 20.3. The maximum absolute atomic E-state index is 13.1. The molecule has 0 N–H and O–H groups in total. The Morgan fingerprint density at radius 3 is 2.34 bits per heavy atom. The van der Waals surface area contributed by atoms with Gasteiger partial charge in [0.05, 0.1) is 23.8 Å². The predicted octanol–water partition coefficient (Wildman–Crippen LogP) is 2.86. The zero-order valence-electron chi connectivity index (χ0n) is 16.5. The Morgan fingerprint density at radius 2 is 1.72 bits per heavy atom. The number of hydrogen-bond donors (Lipinski definition) is 0. The average molecular weight is 437 g/mol. The Morgan fingerprint density at radius 1 is 1.10 bits per heavy atom. The molecule has 7 nitrogen and oxygen atoms in total. The van der Waals surface area contributed by atoms with E-state index in [4.69, 9.17) is 9.47 Å². The van der Waals surface area contributed by atoms with Crippen LogP contribution >= 0.6 is 11.3 Å². The molecule has 2 aliphatic rings. The monoisotopic (exact) mass is 436 g/mol. The molecule has 9 heteroatoms. The van der Waals surface area contributed by atoms with Crippen molar-refractivity contribution in [3.8, 4) is 0 Å². The van der Waals surface area contributed by atoms with Crippen molar-refractivity contribution in [3.63, 3.8) is 0 Å². The van der Waals surface area contributed by atoms with E-state index in [1.807, 2.05) is 6.92 Å². The van der Waals surface area contributed by atoms with Crippen LogP contribution in [0.2, 0.25) is 0 Å². The molecule has 2 aliphatic heterocycles. The SMILES string of the molecule is Cc1ccc(S(=O)(=O)N(C)c2ccsc2C(=O)N2CCC3(CC2)OCCO3)cc1. The van der Waals surface area contributed by atoms with Gasteiger partial charge < -0.3 is 14.4 Å². The number of benzene rings is 1. The number of likely N-dealkylation sites (tertiary alicyclic amines) is 1. The minimum absolute atomic E-state index is 0.159. The zero-order chi connectivity index (χ0) is 20.6. The Kier molecular flexibility index (Phi) is 5.41. The predicted molar refractivity (Wildman–Crippen MR) is 111 cm³/mol. The lowest BCUT2D eigenvalue weighted by molar-refractivity contribution is -0.181. The Hall–Kier alpha value is -1.94. The lowest BCUT2D eigenvalue weighted by Gasteiger charge is -2.37. The van der Waals surface area contributed by atoms with Gasteiger partial charge in [0.15, 0.2) is 5.79 Å². The highest BCUT2D eigenvalue weighted by atomic mass is 32.2. The van der Waals surface area contributed by atoms with E-state index >= 15 is 0 Å². The quantitative estimate of drug-likeness (QED) is 0.737. The summed E-state index contributed by atoms with van der Waals surface area (Å²) in [6.45, 7) is 4.12. The molecule has 1 spiro atoms. The topological polar surface area (TPSA) is 76.2 Å². The van der Waals surface area contributed by atoms with E-state index in [1.165, 1.54) is 22.7 Å². The Bertz CT molecular complexity index is 984. The molecule has 156 valence electrons. The molecule has 29 heavy (non-hydrogen) atoms. The van der Waals surface area contributed by atoms with Gasteiger partial charge in [0.1, 0.15) is 4.88 Å². The van der Waals surface area contributed by atoms with Crippen LogP contribution in [0.3, 0.4) is 0 Å². The summed E-state index contributed by atoms with van der Waals surface area (Å²) in [5.74, 6) is -0.713. The third-order valence-corrected chi connectivity index (χ3v) is 8.16. The largest absolute Gasteiger partial charge is 0.347 e. The van der Waals surface area contributed by atoms with Crippen LogP contribution < -0.4 is 4.31 Å². The summed E-state index contributed by atoms with van der Waals surface area (Å²) >= 11 is 1.26. The summed E-state index contributed by atoms with van der Waals surface area (Å²) < 4.78 is 38.7. The van der Waals surface area contributed by atoms with Crippen molar-refractivity contribution in [1.29, 1.82) is 0 Å². The van der Waals surface area contributed by atoms with Gasteiger partial charge in [-0.25, -0.2) is 8.42 Å². The van der Waals surface area contributed by atoms with Crippen molar-refractivity contribution < 1.29 is 22.7 Å². The number of carbonyl (C=O) groups excluding carboxylic acids is 1. The summed E-state index contributed by atoms with van der Waals surface area (Å²) in [6, 6.07) is 8.37. The molecule has 0 saturated carbocycles. The minimum Gasteiger partial charge on any atom is -0.347 e. The fourth-order valence-corrected chi connectivity index (χ4v) is 5.84. The molecule has 0 unspecified atom stereocenters. The number of carbonyl (C=O) groups is 1. The molecule has 4 rings (SSSR count). The molecule has 0 aliphatic carbocycles. The van der Waals surface area contributed by atoms with Crippen LogP contribution in [0.4, 0.5) is 5.69 Å². The molecule has 1 aromatic carbocycles. The number of amides is 1. The van der Waals surface area contributed by atoms with Gasteiger partial charge in [-0.05, 0) is 30.5 Å². The molecule has 2 aromatic rings. The van der Waals surface area contributed by atoms with Gasteiger partial charge in [0.25, 0.3) is 15.9 Å². The maximum atomic E-state index is 13.1. The number of nitrogens with zero attached hydrogens (tertiary/aromatic N) is 2. The van der Waals surface area contributed by atoms with Crippen LogP contribution in [0.1, 0.15) is 28.1 Å². The average Bonchev–Trinajstić information content (AvgIpc) is 3.38. The molecule has 1 aromatic heterocycles. The molecule has 0 bridgehead atoms. The third kappa shape index (κ3) is 3.79. The molecular formula is C20H24N2O5S2. The van der Waals surface area contributed by atoms with Gasteiger partial charge >= 0.3 is 0 Å². The number of piperidine rings is 1. The first-order chi connectivity index (χ1) is 13.8. The highest BCUT2D eigenvalue weighted by molar-refractivity contribution is 7.92. The Balaban J connectivity index is 1.53. The van der Waals surface area contributed by atoms with Crippen molar-refractivity contribution in [2.45, 2.75) is 30.4 Å². The number of rotatable bonds is 4. The highest BCUT2D eigenvalue weighted by Crippen LogP contribution is 2.35. The van der Waals surface area contributed by atoms with Gasteiger partial charge in [0.2, 0.25) is 0 Å². The molecule has 2 saturated heterocycles. The normalized spacial score (nSPS) is 18.9. The van der Waals surface area contributed by atoms with Crippen LogP contribution in [0.25, 0.3) is 0 Å². The maximum Gasteiger partial charge on any atom is 0.266 e. The van der Waals surface area contributed by atoms with Gasteiger partial charge in [-0.3, -0.25) is 9.10 Å². The van der Waals surface area contributed by atoms with Crippen LogP contribution in [-0.2, 0) is 19.5 Å². The molecule has 2 fully saturated rings. The van der Waals surface area contributed by atoms with Gasteiger partial charge in [0, 0.05) is 33.0 Å². The number of aryl methyl sites for hydroxylation is 1. The van der Waals surface area contributed by atoms with E-state index in [0.29, 0.717) is 49.7 Å². The second-order valence-corrected chi connectivity index (χ2v) is 10.2. The molecule has 0 atom stereocenters. The van der Waals surface area contributed by atoms with E-state index in [2.05, 4.69) is 0 Å². The number of sulfonamides is 1.